The van der Waals surface area contributed by atoms with Gasteiger partial charge in [0, 0.05) is 18.5 Å². The molecule has 0 bridgehead atoms. The Hall–Kier alpha value is -2.64. The minimum Gasteiger partial charge on any atom is -0.313 e. The lowest BCUT2D eigenvalue weighted by Gasteiger charge is -2.25. The molecule has 3 aromatic heterocycles. The summed E-state index contributed by atoms with van der Waals surface area (Å²) < 4.78 is 6.00. The first kappa shape index (κ1) is 20.3. The third-order valence-electron chi connectivity index (χ3n) is 6.19. The van der Waals surface area contributed by atoms with Crippen LogP contribution in [0.15, 0.2) is 63.0 Å². The molecule has 5 rings (SSSR count). The zero-order valence-corrected chi connectivity index (χ0v) is 19.5. The largest absolute Gasteiger partial charge is 0.313 e. The van der Waals surface area contributed by atoms with Gasteiger partial charge in [0.2, 0.25) is 0 Å². The molecule has 5 nitrogen and oxygen atoms in total. The van der Waals surface area contributed by atoms with E-state index in [0.717, 1.165) is 16.2 Å². The van der Waals surface area contributed by atoms with Gasteiger partial charge in [0.1, 0.15) is 0 Å². The molecule has 160 valence electrons. The lowest BCUT2D eigenvalue weighted by molar-refractivity contribution is 0.351. The molecule has 1 aliphatic rings. The molecule has 4 aromatic rings. The van der Waals surface area contributed by atoms with E-state index >= 15 is 0 Å². The quantitative estimate of drug-likeness (QED) is 0.387. The molecule has 0 spiro atoms. The summed E-state index contributed by atoms with van der Waals surface area (Å²) in [5.41, 5.74) is 3.39. The molecule has 3 heterocycles. The first-order valence-corrected chi connectivity index (χ1v) is 12.5. The number of rotatable bonds is 4. The normalized spacial score (nSPS) is 15.6. The van der Waals surface area contributed by atoms with Crippen molar-refractivity contribution < 1.29 is 0 Å². The number of aromatic nitrogens is 3. The Morgan fingerprint density at radius 1 is 1.00 bits per heavy atom. The average Bonchev–Trinajstić information content (AvgIpc) is 3.52. The maximum atomic E-state index is 13.4. The van der Waals surface area contributed by atoms with Gasteiger partial charge in [0.15, 0.2) is 10.5 Å². The fourth-order valence-electron chi connectivity index (χ4n) is 4.48. The molecule has 0 unspecified atom stereocenters. The Balaban J connectivity index is 1.70. The van der Waals surface area contributed by atoms with Crippen LogP contribution in [0.3, 0.4) is 0 Å². The van der Waals surface area contributed by atoms with Crippen LogP contribution in [0, 0.1) is 6.92 Å². The van der Waals surface area contributed by atoms with Crippen LogP contribution in [0.4, 0.5) is 5.69 Å². The van der Waals surface area contributed by atoms with Crippen LogP contribution in [0.2, 0.25) is 0 Å². The summed E-state index contributed by atoms with van der Waals surface area (Å²) in [5.74, 6) is 0. The van der Waals surface area contributed by atoms with Gasteiger partial charge in [0.25, 0.3) is 5.56 Å². The smallest absolute Gasteiger partial charge is 0.297 e. The lowest BCUT2D eigenvalue weighted by Crippen LogP contribution is -2.24. The van der Waals surface area contributed by atoms with Crippen LogP contribution in [0.25, 0.3) is 16.3 Å². The topological polar surface area (TPSA) is 44.2 Å². The minimum absolute atomic E-state index is 0.0764. The zero-order chi connectivity index (χ0) is 21.4. The van der Waals surface area contributed by atoms with E-state index in [0.29, 0.717) is 11.7 Å². The molecule has 1 aliphatic carbocycles. The van der Waals surface area contributed by atoms with Crippen molar-refractivity contribution in [2.45, 2.75) is 45.1 Å². The number of hydrogen-bond acceptors (Lipinski definition) is 4. The van der Waals surface area contributed by atoms with Gasteiger partial charge >= 0.3 is 0 Å². The standard InChI is InChI=1S/C24H26N4OS2/c1-17-22(23(29)28(26(17)2)19-12-7-4-8-13-19)25-24-27(18-10-5-3-6-11-18)20(16-31-24)21-14-9-15-30-21/h4,7-9,12-16,18H,3,5-6,10-11H2,1-2H3. The molecule has 0 aliphatic heterocycles. The van der Waals surface area contributed by atoms with Crippen molar-refractivity contribution in [1.29, 1.82) is 0 Å². The van der Waals surface area contributed by atoms with E-state index in [1.807, 2.05) is 49.0 Å². The molecule has 1 fully saturated rings. The van der Waals surface area contributed by atoms with Crippen LogP contribution in [0.5, 0.6) is 0 Å². The maximum absolute atomic E-state index is 13.4. The highest BCUT2D eigenvalue weighted by molar-refractivity contribution is 7.14. The highest BCUT2D eigenvalue weighted by atomic mass is 32.1. The van der Waals surface area contributed by atoms with Crippen LogP contribution in [0.1, 0.15) is 43.8 Å². The number of benzene rings is 1. The summed E-state index contributed by atoms with van der Waals surface area (Å²) in [5, 5.41) is 4.32. The van der Waals surface area contributed by atoms with Crippen molar-refractivity contribution >= 4 is 28.4 Å². The van der Waals surface area contributed by atoms with E-state index in [1.165, 1.54) is 42.7 Å². The van der Waals surface area contributed by atoms with Gasteiger partial charge in [-0.2, -0.15) is 0 Å². The monoisotopic (exact) mass is 450 g/mol. The van der Waals surface area contributed by atoms with Gasteiger partial charge in [-0.05, 0) is 43.3 Å². The lowest BCUT2D eigenvalue weighted by atomic mass is 9.95. The van der Waals surface area contributed by atoms with E-state index in [2.05, 4.69) is 27.5 Å². The Bertz CT molecular complexity index is 1300. The van der Waals surface area contributed by atoms with Crippen molar-refractivity contribution in [3.8, 4) is 16.3 Å². The van der Waals surface area contributed by atoms with E-state index in [-0.39, 0.29) is 5.56 Å². The molecule has 0 radical (unpaired) electrons. The van der Waals surface area contributed by atoms with Gasteiger partial charge in [-0.1, -0.05) is 43.5 Å². The van der Waals surface area contributed by atoms with Gasteiger partial charge in [-0.3, -0.25) is 9.48 Å². The SMILES string of the molecule is Cc1c(N=c2scc(-c3cccs3)n2C2CCCCC2)c(=O)n(-c2ccccc2)n1C. The molecule has 1 saturated carbocycles. The first-order chi connectivity index (χ1) is 15.1. The summed E-state index contributed by atoms with van der Waals surface area (Å²) in [6.45, 7) is 1.97. The van der Waals surface area contributed by atoms with Crippen molar-refractivity contribution in [3.63, 3.8) is 0 Å². The minimum atomic E-state index is -0.0764. The second-order valence-corrected chi connectivity index (χ2v) is 9.85. The molecular formula is C24H26N4OS2. The fraction of sp³-hybridized carbons (Fsp3) is 0.333. The van der Waals surface area contributed by atoms with Crippen molar-refractivity contribution in [2.24, 2.45) is 12.0 Å². The second-order valence-electron chi connectivity index (χ2n) is 8.06. The summed E-state index contributed by atoms with van der Waals surface area (Å²) in [6.07, 6.45) is 6.15. The van der Waals surface area contributed by atoms with E-state index in [9.17, 15) is 4.79 Å². The molecule has 0 N–H and O–H groups in total. The second kappa shape index (κ2) is 8.48. The molecule has 7 heteroatoms. The Morgan fingerprint density at radius 3 is 2.48 bits per heavy atom. The summed E-state index contributed by atoms with van der Waals surface area (Å²) in [6, 6.07) is 14.5. The fourth-order valence-corrected chi connectivity index (χ4v) is 6.25. The molecule has 0 atom stereocenters. The third kappa shape index (κ3) is 3.66. The van der Waals surface area contributed by atoms with Gasteiger partial charge < -0.3 is 4.57 Å². The Labute approximate surface area is 189 Å². The van der Waals surface area contributed by atoms with Crippen LogP contribution < -0.4 is 10.4 Å². The number of para-hydroxylation sites is 1. The van der Waals surface area contributed by atoms with Gasteiger partial charge in [-0.25, -0.2) is 9.67 Å². The van der Waals surface area contributed by atoms with Crippen molar-refractivity contribution in [1.82, 2.24) is 13.9 Å². The number of thiophene rings is 1. The van der Waals surface area contributed by atoms with E-state index in [4.69, 9.17) is 4.99 Å². The predicted molar refractivity (Wildman–Crippen MR) is 129 cm³/mol. The van der Waals surface area contributed by atoms with Crippen LogP contribution in [-0.4, -0.2) is 13.9 Å². The average molecular weight is 451 g/mol. The third-order valence-corrected chi connectivity index (χ3v) is 7.92. The van der Waals surface area contributed by atoms with Crippen molar-refractivity contribution in [3.05, 3.63) is 74.1 Å². The first-order valence-electron chi connectivity index (χ1n) is 10.8. The molecule has 1 aromatic carbocycles. The van der Waals surface area contributed by atoms with Crippen LogP contribution in [-0.2, 0) is 7.05 Å². The van der Waals surface area contributed by atoms with Gasteiger partial charge in [-0.15, -0.1) is 22.7 Å². The van der Waals surface area contributed by atoms with E-state index < -0.39 is 0 Å². The zero-order valence-electron chi connectivity index (χ0n) is 17.8. The summed E-state index contributed by atoms with van der Waals surface area (Å²) in [7, 11) is 1.92. The Kier molecular flexibility index (Phi) is 5.54. The number of hydrogen-bond donors (Lipinski definition) is 0. The highest BCUT2D eigenvalue weighted by Gasteiger charge is 2.22. The highest BCUT2D eigenvalue weighted by Crippen LogP contribution is 2.34. The number of thiazole rings is 1. The molecular weight excluding hydrogens is 424 g/mol. The summed E-state index contributed by atoms with van der Waals surface area (Å²) >= 11 is 3.39. The maximum Gasteiger partial charge on any atom is 0.297 e. The van der Waals surface area contributed by atoms with Crippen molar-refractivity contribution in [2.75, 3.05) is 0 Å². The Morgan fingerprint density at radius 2 is 1.77 bits per heavy atom. The predicted octanol–water partition coefficient (Wildman–Crippen LogP) is 5.81. The number of nitrogens with zero attached hydrogens (tertiary/aromatic N) is 4. The van der Waals surface area contributed by atoms with Gasteiger partial charge in [0.05, 0.1) is 22.0 Å². The molecule has 0 saturated heterocycles. The van der Waals surface area contributed by atoms with Crippen LogP contribution >= 0.6 is 22.7 Å². The summed E-state index contributed by atoms with van der Waals surface area (Å²) in [4.78, 5) is 20.5. The molecule has 0 amide bonds. The molecule has 31 heavy (non-hydrogen) atoms. The van der Waals surface area contributed by atoms with E-state index in [1.54, 1.807) is 27.4 Å².